The summed E-state index contributed by atoms with van der Waals surface area (Å²) >= 11 is 1.85. The third-order valence-electron chi connectivity index (χ3n) is 4.21. The minimum absolute atomic E-state index is 0.220. The van der Waals surface area contributed by atoms with Crippen LogP contribution in [-0.4, -0.2) is 17.7 Å². The van der Waals surface area contributed by atoms with Gasteiger partial charge in [0.15, 0.2) is 0 Å². The summed E-state index contributed by atoms with van der Waals surface area (Å²) < 4.78 is 1.28. The van der Waals surface area contributed by atoms with Crippen LogP contribution >= 0.6 is 11.3 Å². The van der Waals surface area contributed by atoms with Crippen LogP contribution in [0.5, 0.6) is 0 Å². The SMILES string of the molecule is CCc1sc2c([C@H](O)[C@H]3CCCN3)cccc2c1C. The van der Waals surface area contributed by atoms with E-state index in [0.29, 0.717) is 0 Å². The van der Waals surface area contributed by atoms with Gasteiger partial charge < -0.3 is 10.4 Å². The second-order valence-corrected chi connectivity index (χ2v) is 6.48. The normalized spacial score (nSPS) is 21.1. The minimum Gasteiger partial charge on any atom is -0.387 e. The van der Waals surface area contributed by atoms with Crippen molar-refractivity contribution in [2.45, 2.75) is 45.3 Å². The molecule has 0 bridgehead atoms. The van der Waals surface area contributed by atoms with Crippen molar-refractivity contribution >= 4 is 21.4 Å². The zero-order valence-electron chi connectivity index (χ0n) is 11.6. The zero-order chi connectivity index (χ0) is 13.4. The summed E-state index contributed by atoms with van der Waals surface area (Å²) in [5, 5.41) is 15.4. The highest BCUT2D eigenvalue weighted by atomic mass is 32.1. The van der Waals surface area contributed by atoms with Gasteiger partial charge in [0, 0.05) is 15.6 Å². The van der Waals surface area contributed by atoms with E-state index in [1.165, 1.54) is 26.9 Å². The van der Waals surface area contributed by atoms with Crippen LogP contribution in [-0.2, 0) is 6.42 Å². The van der Waals surface area contributed by atoms with Crippen LogP contribution in [0.3, 0.4) is 0 Å². The number of aryl methyl sites for hydroxylation is 2. The van der Waals surface area contributed by atoms with Gasteiger partial charge in [-0.1, -0.05) is 25.1 Å². The molecule has 1 saturated heterocycles. The van der Waals surface area contributed by atoms with Crippen molar-refractivity contribution in [2.75, 3.05) is 6.54 Å². The maximum Gasteiger partial charge on any atom is 0.0956 e. The summed E-state index contributed by atoms with van der Waals surface area (Å²) in [5.41, 5.74) is 2.49. The predicted molar refractivity (Wildman–Crippen MR) is 81.9 cm³/mol. The molecule has 2 N–H and O–H groups in total. The molecule has 19 heavy (non-hydrogen) atoms. The Morgan fingerprint density at radius 3 is 3.00 bits per heavy atom. The van der Waals surface area contributed by atoms with E-state index in [2.05, 4.69) is 37.4 Å². The average molecular weight is 275 g/mol. The Morgan fingerprint density at radius 1 is 1.47 bits per heavy atom. The molecule has 3 rings (SSSR count). The molecule has 0 saturated carbocycles. The summed E-state index contributed by atoms with van der Waals surface area (Å²) in [7, 11) is 0. The standard InChI is InChI=1S/C16H21NOS/c1-3-14-10(2)11-6-4-7-12(16(11)19-14)15(18)13-8-5-9-17-13/h4,6-7,13,15,17-18H,3,5,8-9H2,1-2H3/t13-,15+/m1/s1. The number of thiophene rings is 1. The number of aliphatic hydroxyl groups excluding tert-OH is 1. The molecule has 1 aromatic carbocycles. The Hall–Kier alpha value is -0.900. The molecule has 0 spiro atoms. The fourth-order valence-corrected chi connectivity index (χ4v) is 4.37. The molecule has 0 radical (unpaired) electrons. The topological polar surface area (TPSA) is 32.3 Å². The molecule has 1 aliphatic rings. The maximum atomic E-state index is 10.6. The molecule has 1 fully saturated rings. The molecule has 2 aromatic rings. The van der Waals surface area contributed by atoms with Gasteiger partial charge in [-0.3, -0.25) is 0 Å². The van der Waals surface area contributed by atoms with Crippen molar-refractivity contribution in [2.24, 2.45) is 0 Å². The number of hydrogen-bond acceptors (Lipinski definition) is 3. The van der Waals surface area contributed by atoms with Gasteiger partial charge in [-0.2, -0.15) is 0 Å². The Balaban J connectivity index is 2.07. The summed E-state index contributed by atoms with van der Waals surface area (Å²) in [6.07, 6.45) is 2.93. The second kappa shape index (κ2) is 5.23. The van der Waals surface area contributed by atoms with Gasteiger partial charge in [-0.15, -0.1) is 11.3 Å². The van der Waals surface area contributed by atoms with Crippen molar-refractivity contribution < 1.29 is 5.11 Å². The van der Waals surface area contributed by atoms with Crippen molar-refractivity contribution in [3.63, 3.8) is 0 Å². The maximum absolute atomic E-state index is 10.6. The lowest BCUT2D eigenvalue weighted by atomic mass is 9.99. The number of aliphatic hydroxyl groups is 1. The molecular formula is C16H21NOS. The van der Waals surface area contributed by atoms with E-state index in [-0.39, 0.29) is 12.1 Å². The van der Waals surface area contributed by atoms with Crippen LogP contribution in [0.25, 0.3) is 10.1 Å². The average Bonchev–Trinajstić information content (AvgIpc) is 3.06. The summed E-state index contributed by atoms with van der Waals surface area (Å²) in [5.74, 6) is 0. The first-order valence-electron chi connectivity index (χ1n) is 7.14. The van der Waals surface area contributed by atoms with E-state index in [9.17, 15) is 5.11 Å². The first-order chi connectivity index (χ1) is 9.22. The summed E-state index contributed by atoms with van der Waals surface area (Å²) in [6.45, 7) is 5.43. The van der Waals surface area contributed by atoms with E-state index < -0.39 is 0 Å². The minimum atomic E-state index is -0.381. The van der Waals surface area contributed by atoms with Crippen LogP contribution in [0.15, 0.2) is 18.2 Å². The Kier molecular flexibility index (Phi) is 3.61. The molecule has 0 amide bonds. The third-order valence-corrected chi connectivity index (χ3v) is 5.71. The molecule has 1 aliphatic heterocycles. The van der Waals surface area contributed by atoms with Crippen LogP contribution in [0.4, 0.5) is 0 Å². The van der Waals surface area contributed by atoms with E-state index >= 15 is 0 Å². The Morgan fingerprint density at radius 2 is 2.32 bits per heavy atom. The zero-order valence-corrected chi connectivity index (χ0v) is 12.4. The monoisotopic (exact) mass is 275 g/mol. The highest BCUT2D eigenvalue weighted by molar-refractivity contribution is 7.19. The molecule has 0 unspecified atom stereocenters. The van der Waals surface area contributed by atoms with Gasteiger partial charge in [-0.05, 0) is 49.2 Å². The van der Waals surface area contributed by atoms with Crippen molar-refractivity contribution in [3.8, 4) is 0 Å². The van der Waals surface area contributed by atoms with Gasteiger partial charge >= 0.3 is 0 Å². The fraction of sp³-hybridized carbons (Fsp3) is 0.500. The molecule has 102 valence electrons. The molecule has 3 heteroatoms. The smallest absolute Gasteiger partial charge is 0.0956 e. The van der Waals surface area contributed by atoms with Gasteiger partial charge in [0.2, 0.25) is 0 Å². The number of rotatable bonds is 3. The lowest BCUT2D eigenvalue weighted by Gasteiger charge is -2.19. The number of hydrogen-bond donors (Lipinski definition) is 2. The first-order valence-corrected chi connectivity index (χ1v) is 7.96. The molecule has 2 atom stereocenters. The van der Waals surface area contributed by atoms with Gasteiger partial charge in [0.1, 0.15) is 0 Å². The predicted octanol–water partition coefficient (Wildman–Crippen LogP) is 3.56. The Labute approximate surface area is 118 Å². The number of fused-ring (bicyclic) bond motifs is 1. The van der Waals surface area contributed by atoms with Gasteiger partial charge in [0.05, 0.1) is 6.10 Å². The number of benzene rings is 1. The van der Waals surface area contributed by atoms with Gasteiger partial charge in [0.25, 0.3) is 0 Å². The Bertz CT molecular complexity index is 584. The lowest BCUT2D eigenvalue weighted by molar-refractivity contribution is 0.139. The van der Waals surface area contributed by atoms with Crippen molar-refractivity contribution in [1.29, 1.82) is 0 Å². The quantitative estimate of drug-likeness (QED) is 0.897. The molecule has 1 aromatic heterocycles. The summed E-state index contributed by atoms with van der Waals surface area (Å²) in [4.78, 5) is 1.44. The largest absolute Gasteiger partial charge is 0.387 e. The van der Waals surface area contributed by atoms with Crippen LogP contribution < -0.4 is 5.32 Å². The van der Waals surface area contributed by atoms with Crippen molar-refractivity contribution in [1.82, 2.24) is 5.32 Å². The second-order valence-electron chi connectivity index (χ2n) is 5.38. The van der Waals surface area contributed by atoms with Crippen LogP contribution in [0, 0.1) is 6.92 Å². The van der Waals surface area contributed by atoms with Crippen molar-refractivity contribution in [3.05, 3.63) is 34.2 Å². The number of nitrogens with one attached hydrogen (secondary N) is 1. The first kappa shape index (κ1) is 13.1. The lowest BCUT2D eigenvalue weighted by Crippen LogP contribution is -2.28. The molecule has 2 heterocycles. The summed E-state index contributed by atoms with van der Waals surface area (Å²) in [6, 6.07) is 6.56. The molecule has 2 nitrogen and oxygen atoms in total. The fourth-order valence-electron chi connectivity index (χ4n) is 3.08. The molecular weight excluding hydrogens is 254 g/mol. The van der Waals surface area contributed by atoms with Crippen LogP contribution in [0.1, 0.15) is 41.9 Å². The van der Waals surface area contributed by atoms with Crippen LogP contribution in [0.2, 0.25) is 0 Å². The highest BCUT2D eigenvalue weighted by Crippen LogP contribution is 2.37. The van der Waals surface area contributed by atoms with E-state index in [4.69, 9.17) is 0 Å². The van der Waals surface area contributed by atoms with E-state index in [1.807, 2.05) is 11.3 Å². The van der Waals surface area contributed by atoms with Gasteiger partial charge in [-0.25, -0.2) is 0 Å². The molecule has 0 aliphatic carbocycles. The van der Waals surface area contributed by atoms with E-state index in [0.717, 1.165) is 24.9 Å². The third kappa shape index (κ3) is 2.20. The van der Waals surface area contributed by atoms with E-state index in [1.54, 1.807) is 0 Å². The highest BCUT2D eigenvalue weighted by Gasteiger charge is 2.26.